The van der Waals surface area contributed by atoms with Crippen LogP contribution < -0.4 is 0 Å². The molecule has 0 radical (unpaired) electrons. The summed E-state index contributed by atoms with van der Waals surface area (Å²) in [6.45, 7) is 19.9. The molecule has 0 saturated heterocycles. The second-order valence-corrected chi connectivity index (χ2v) is 10.3. The molecule has 18 heteroatoms. The molecule has 0 atom stereocenters. The Labute approximate surface area is 320 Å². The van der Waals surface area contributed by atoms with Crippen LogP contribution in [0, 0.1) is 0 Å². The van der Waals surface area contributed by atoms with Gasteiger partial charge in [-0.1, -0.05) is 13.2 Å². The van der Waals surface area contributed by atoms with Crippen LogP contribution in [0.25, 0.3) is 0 Å². The summed E-state index contributed by atoms with van der Waals surface area (Å²) in [5.41, 5.74) is 0. The first-order chi connectivity index (χ1) is 26.7. The quantitative estimate of drug-likeness (QED) is 0.0477. The third-order valence-electron chi connectivity index (χ3n) is 6.11. The maximum atomic E-state index is 10.9. The molecule has 0 amide bonds. The molecular formula is C36H66O18. The lowest BCUT2D eigenvalue weighted by Gasteiger charge is -2.09. The number of esters is 2. The summed E-state index contributed by atoms with van der Waals surface area (Å²) in [5.74, 6) is -0.928. The monoisotopic (exact) mass is 786 g/mol. The Balaban J connectivity index is 3.07. The maximum Gasteiger partial charge on any atom is 0.330 e. The van der Waals surface area contributed by atoms with Gasteiger partial charge in [0.15, 0.2) is 0 Å². The Kier molecular flexibility index (Phi) is 45.1. The second-order valence-electron chi connectivity index (χ2n) is 10.3. The van der Waals surface area contributed by atoms with Gasteiger partial charge < -0.3 is 75.8 Å². The van der Waals surface area contributed by atoms with Crippen molar-refractivity contribution in [1.29, 1.82) is 0 Å². The van der Waals surface area contributed by atoms with Gasteiger partial charge in [-0.3, -0.25) is 0 Å². The summed E-state index contributed by atoms with van der Waals surface area (Å²) in [5, 5.41) is 0. The molecule has 0 rings (SSSR count). The Morgan fingerprint density at radius 3 is 0.463 bits per heavy atom. The van der Waals surface area contributed by atoms with E-state index in [9.17, 15) is 9.59 Å². The number of rotatable bonds is 47. The molecule has 0 spiro atoms. The molecule has 318 valence electrons. The Bertz CT molecular complexity index is 742. The average molecular weight is 787 g/mol. The van der Waals surface area contributed by atoms with Gasteiger partial charge in [0.1, 0.15) is 13.2 Å². The van der Waals surface area contributed by atoms with Crippen molar-refractivity contribution in [2.45, 2.75) is 0 Å². The van der Waals surface area contributed by atoms with Crippen molar-refractivity contribution >= 4 is 11.9 Å². The molecule has 0 aliphatic carbocycles. The van der Waals surface area contributed by atoms with Crippen molar-refractivity contribution < 1.29 is 85.4 Å². The number of hydrogen-bond donors (Lipinski definition) is 0. The minimum absolute atomic E-state index is 0.192. The molecule has 0 heterocycles. The summed E-state index contributed by atoms with van der Waals surface area (Å²) in [4.78, 5) is 21.7. The van der Waals surface area contributed by atoms with Crippen molar-refractivity contribution in [1.82, 2.24) is 0 Å². The van der Waals surface area contributed by atoms with Crippen molar-refractivity contribution in [2.75, 3.05) is 198 Å². The van der Waals surface area contributed by atoms with E-state index in [1.165, 1.54) is 0 Å². The highest BCUT2D eigenvalue weighted by molar-refractivity contribution is 5.81. The van der Waals surface area contributed by atoms with E-state index in [4.69, 9.17) is 75.8 Å². The van der Waals surface area contributed by atoms with Crippen LogP contribution in [-0.2, 0) is 85.4 Å². The smallest absolute Gasteiger partial charge is 0.330 e. The fourth-order valence-corrected chi connectivity index (χ4v) is 3.48. The van der Waals surface area contributed by atoms with Crippen LogP contribution in [0.1, 0.15) is 0 Å². The molecule has 54 heavy (non-hydrogen) atoms. The van der Waals surface area contributed by atoms with Gasteiger partial charge in [0, 0.05) is 12.2 Å². The Hall–Kier alpha value is -2.14. The zero-order valence-corrected chi connectivity index (χ0v) is 32.1. The van der Waals surface area contributed by atoms with Crippen LogP contribution >= 0.6 is 0 Å². The van der Waals surface area contributed by atoms with E-state index in [-0.39, 0.29) is 13.2 Å². The van der Waals surface area contributed by atoms with Gasteiger partial charge >= 0.3 is 11.9 Å². The molecule has 0 N–H and O–H groups in total. The van der Waals surface area contributed by atoms with E-state index in [0.29, 0.717) is 185 Å². The molecule has 0 aliphatic heterocycles. The third-order valence-corrected chi connectivity index (χ3v) is 6.11. The standard InChI is InChI=1S/C36H66O18/c1-3-35(37)53-33-31-51-29-27-49-25-23-47-21-19-45-17-15-43-13-11-41-9-7-39-5-6-40-8-10-42-12-14-44-16-18-46-20-22-48-24-26-50-28-30-52-32-34-54-36(38)4-2/h3-4H,1-2,5-34H2. The Morgan fingerprint density at radius 1 is 0.241 bits per heavy atom. The van der Waals surface area contributed by atoms with E-state index in [0.717, 1.165) is 12.2 Å². The lowest BCUT2D eigenvalue weighted by atomic mass is 10.6. The SMILES string of the molecule is C=CC(=O)OCCOCCOCCOCCOCCOCCOCCOCCOCCOCCOCCOCCOCCOCCOCCOC(=O)C=C. The van der Waals surface area contributed by atoms with Crippen LogP contribution in [0.2, 0.25) is 0 Å². The van der Waals surface area contributed by atoms with Gasteiger partial charge in [0.25, 0.3) is 0 Å². The van der Waals surface area contributed by atoms with E-state index < -0.39 is 11.9 Å². The minimum atomic E-state index is -0.464. The molecule has 0 aromatic rings. The summed E-state index contributed by atoms with van der Waals surface area (Å²) in [6.07, 6.45) is 2.22. The summed E-state index contributed by atoms with van der Waals surface area (Å²) >= 11 is 0. The highest BCUT2D eigenvalue weighted by Gasteiger charge is 1.99. The molecule has 0 saturated carbocycles. The molecule has 0 aromatic heterocycles. The summed E-state index contributed by atoms with van der Waals surface area (Å²) in [6, 6.07) is 0. The van der Waals surface area contributed by atoms with Gasteiger partial charge in [-0.15, -0.1) is 0 Å². The lowest BCUT2D eigenvalue weighted by Crippen LogP contribution is -2.16. The number of carbonyl (C=O) groups excluding carboxylic acids is 2. The van der Waals surface area contributed by atoms with Crippen molar-refractivity contribution in [3.63, 3.8) is 0 Å². The van der Waals surface area contributed by atoms with Crippen LogP contribution in [-0.4, -0.2) is 210 Å². The largest absolute Gasteiger partial charge is 0.460 e. The number of carbonyl (C=O) groups is 2. The Morgan fingerprint density at radius 2 is 0.352 bits per heavy atom. The average Bonchev–Trinajstić information content (AvgIpc) is 3.18. The first kappa shape index (κ1) is 51.9. The van der Waals surface area contributed by atoms with Crippen molar-refractivity contribution in [3.8, 4) is 0 Å². The zero-order chi connectivity index (χ0) is 39.1. The lowest BCUT2D eigenvalue weighted by molar-refractivity contribution is -0.140. The van der Waals surface area contributed by atoms with Crippen molar-refractivity contribution in [2.24, 2.45) is 0 Å². The number of ether oxygens (including phenoxy) is 16. The van der Waals surface area contributed by atoms with E-state index in [1.54, 1.807) is 0 Å². The van der Waals surface area contributed by atoms with Gasteiger partial charge in [-0.2, -0.15) is 0 Å². The van der Waals surface area contributed by atoms with Crippen molar-refractivity contribution in [3.05, 3.63) is 25.3 Å². The highest BCUT2D eigenvalue weighted by Crippen LogP contribution is 1.89. The van der Waals surface area contributed by atoms with E-state index in [1.807, 2.05) is 0 Å². The highest BCUT2D eigenvalue weighted by atomic mass is 16.6. The minimum Gasteiger partial charge on any atom is -0.460 e. The molecule has 0 aliphatic rings. The van der Waals surface area contributed by atoms with E-state index >= 15 is 0 Å². The summed E-state index contributed by atoms with van der Waals surface area (Å²) in [7, 11) is 0. The fraction of sp³-hybridized carbons (Fsp3) is 0.833. The predicted molar refractivity (Wildman–Crippen MR) is 194 cm³/mol. The maximum absolute atomic E-state index is 10.9. The molecular weight excluding hydrogens is 720 g/mol. The second kappa shape index (κ2) is 47.0. The normalized spacial score (nSPS) is 11.2. The van der Waals surface area contributed by atoms with Gasteiger partial charge in [0.2, 0.25) is 0 Å². The van der Waals surface area contributed by atoms with Gasteiger partial charge in [-0.05, 0) is 0 Å². The first-order valence-corrected chi connectivity index (χ1v) is 18.4. The van der Waals surface area contributed by atoms with Crippen LogP contribution in [0.3, 0.4) is 0 Å². The summed E-state index contributed by atoms with van der Waals surface area (Å²) < 4.78 is 85.5. The molecule has 0 aromatic carbocycles. The van der Waals surface area contributed by atoms with Crippen LogP contribution in [0.15, 0.2) is 25.3 Å². The fourth-order valence-electron chi connectivity index (χ4n) is 3.48. The third kappa shape index (κ3) is 46.0. The topological polar surface area (TPSA) is 182 Å². The van der Waals surface area contributed by atoms with Crippen LogP contribution in [0.4, 0.5) is 0 Å². The number of hydrogen-bond acceptors (Lipinski definition) is 18. The molecule has 0 fully saturated rings. The first-order valence-electron chi connectivity index (χ1n) is 18.4. The predicted octanol–water partition coefficient (Wildman–Crippen LogP) is 0.677. The van der Waals surface area contributed by atoms with Gasteiger partial charge in [-0.25, -0.2) is 9.59 Å². The zero-order valence-electron chi connectivity index (χ0n) is 32.1. The molecule has 0 unspecified atom stereocenters. The molecule has 18 nitrogen and oxygen atoms in total. The molecule has 0 bridgehead atoms. The van der Waals surface area contributed by atoms with Crippen LogP contribution in [0.5, 0.6) is 0 Å². The van der Waals surface area contributed by atoms with E-state index in [2.05, 4.69) is 13.2 Å². The van der Waals surface area contributed by atoms with Gasteiger partial charge in [0.05, 0.1) is 185 Å².